The molecule has 0 saturated heterocycles. The lowest BCUT2D eigenvalue weighted by atomic mass is 10.2. The van der Waals surface area contributed by atoms with Crippen molar-refractivity contribution in [3.63, 3.8) is 0 Å². The van der Waals surface area contributed by atoms with Gasteiger partial charge in [-0.1, -0.05) is 36.4 Å². The largest absolute Gasteiger partial charge is 0.495 e. The molecule has 0 fully saturated rings. The zero-order valence-corrected chi connectivity index (χ0v) is 22.1. The molecule has 3 aromatic carbocycles. The highest BCUT2D eigenvalue weighted by Crippen LogP contribution is 2.29. The Morgan fingerprint density at radius 1 is 0.973 bits per heavy atom. The van der Waals surface area contributed by atoms with Crippen LogP contribution in [0.25, 0.3) is 0 Å². The van der Waals surface area contributed by atoms with Gasteiger partial charge < -0.3 is 14.2 Å². The first-order valence-electron chi connectivity index (χ1n) is 11.6. The summed E-state index contributed by atoms with van der Waals surface area (Å²) in [6.07, 6.45) is 1.44. The molecule has 9 nitrogen and oxygen atoms in total. The van der Waals surface area contributed by atoms with Crippen LogP contribution >= 0.6 is 0 Å². The Kier molecular flexibility index (Phi) is 9.64. The van der Waals surface area contributed by atoms with E-state index in [0.717, 1.165) is 15.4 Å². The van der Waals surface area contributed by atoms with Crippen LogP contribution in [0.15, 0.2) is 76.7 Å². The van der Waals surface area contributed by atoms with Crippen LogP contribution < -0.4 is 19.6 Å². The van der Waals surface area contributed by atoms with Gasteiger partial charge in [-0.2, -0.15) is 9.41 Å². The lowest BCUT2D eigenvalue weighted by Crippen LogP contribution is -2.39. The molecule has 0 saturated carbocycles. The predicted molar refractivity (Wildman–Crippen MR) is 142 cm³/mol. The molecule has 3 rings (SSSR count). The van der Waals surface area contributed by atoms with Gasteiger partial charge in [-0.15, -0.1) is 0 Å². The van der Waals surface area contributed by atoms with Crippen LogP contribution in [0.1, 0.15) is 23.6 Å². The van der Waals surface area contributed by atoms with Gasteiger partial charge >= 0.3 is 0 Å². The number of carbonyl (C=O) groups excluding carboxylic acids is 1. The number of hydrogen-bond acceptors (Lipinski definition) is 7. The third-order valence-corrected chi connectivity index (χ3v) is 7.16. The van der Waals surface area contributed by atoms with Crippen LogP contribution in [0, 0.1) is 6.92 Å². The molecular weight excluding hydrogens is 494 g/mol. The van der Waals surface area contributed by atoms with Crippen molar-refractivity contribution in [2.24, 2.45) is 5.10 Å². The fourth-order valence-electron chi connectivity index (χ4n) is 3.55. The quantitative estimate of drug-likeness (QED) is 0.285. The third-order valence-electron chi connectivity index (χ3n) is 5.35. The van der Waals surface area contributed by atoms with Crippen LogP contribution in [0.5, 0.6) is 17.2 Å². The Labute approximate surface area is 217 Å². The molecule has 0 spiro atoms. The number of aryl methyl sites for hydroxylation is 1. The van der Waals surface area contributed by atoms with E-state index < -0.39 is 22.5 Å². The zero-order chi connectivity index (χ0) is 26.8. The molecule has 0 atom stereocenters. The summed E-state index contributed by atoms with van der Waals surface area (Å²) in [5, 5.41) is 3.99. The number of hydrogen-bond donors (Lipinski definition) is 1. The van der Waals surface area contributed by atoms with Crippen molar-refractivity contribution in [2.45, 2.75) is 25.3 Å². The van der Waals surface area contributed by atoms with E-state index in [1.165, 1.54) is 26.5 Å². The van der Waals surface area contributed by atoms with Crippen molar-refractivity contribution in [2.75, 3.05) is 27.4 Å². The van der Waals surface area contributed by atoms with Gasteiger partial charge in [0.1, 0.15) is 10.6 Å². The van der Waals surface area contributed by atoms with Crippen LogP contribution in [0.2, 0.25) is 0 Å². The molecule has 0 aliphatic rings. The van der Waals surface area contributed by atoms with E-state index in [2.05, 4.69) is 10.5 Å². The Bertz CT molecular complexity index is 1340. The average Bonchev–Trinajstić information content (AvgIpc) is 2.89. The first-order chi connectivity index (χ1) is 17.8. The van der Waals surface area contributed by atoms with Gasteiger partial charge in [-0.05, 0) is 60.9 Å². The maximum absolute atomic E-state index is 13.7. The number of nitrogens with one attached hydrogen (secondary N) is 1. The van der Waals surface area contributed by atoms with Gasteiger partial charge in [0.25, 0.3) is 5.91 Å². The van der Waals surface area contributed by atoms with Crippen LogP contribution in [0.4, 0.5) is 0 Å². The van der Waals surface area contributed by atoms with E-state index >= 15 is 0 Å². The summed E-state index contributed by atoms with van der Waals surface area (Å²) in [4.78, 5) is 12.8. The SMILES string of the molecule is CCOc1ccc(/C=N/NC(=O)CN(Cc2ccccc2)S(=O)(=O)c2cc(C)ccc2OC)cc1OC. The highest BCUT2D eigenvalue weighted by atomic mass is 32.2. The minimum absolute atomic E-state index is 0.00646. The van der Waals surface area contributed by atoms with E-state index in [-0.39, 0.29) is 17.2 Å². The van der Waals surface area contributed by atoms with Crippen molar-refractivity contribution in [1.82, 2.24) is 9.73 Å². The smallest absolute Gasteiger partial charge is 0.255 e. The van der Waals surface area contributed by atoms with E-state index in [4.69, 9.17) is 14.2 Å². The number of hydrazone groups is 1. The fraction of sp³-hybridized carbons (Fsp3) is 0.259. The van der Waals surface area contributed by atoms with Crippen LogP contribution in [0.3, 0.4) is 0 Å². The van der Waals surface area contributed by atoms with Crippen LogP contribution in [-0.2, 0) is 21.4 Å². The molecule has 0 aromatic heterocycles. The molecule has 0 bridgehead atoms. The van der Waals surface area contributed by atoms with Gasteiger partial charge in [0.2, 0.25) is 10.0 Å². The van der Waals surface area contributed by atoms with Crippen molar-refractivity contribution in [3.05, 3.63) is 83.4 Å². The summed E-state index contributed by atoms with van der Waals surface area (Å²) in [6.45, 7) is 3.71. The molecule has 0 aliphatic heterocycles. The fourth-order valence-corrected chi connectivity index (χ4v) is 5.18. The van der Waals surface area contributed by atoms with Gasteiger partial charge in [0.05, 0.1) is 33.6 Å². The standard InChI is InChI=1S/C27H31N3O6S/c1-5-36-23-14-12-22(16-25(23)35-4)17-28-29-27(31)19-30(18-21-9-7-6-8-10-21)37(32,33)26-15-20(2)11-13-24(26)34-3/h6-17H,5,18-19H2,1-4H3,(H,29,31)/b28-17+. The maximum atomic E-state index is 13.7. The molecule has 10 heteroatoms. The van der Waals surface area contributed by atoms with Crippen molar-refractivity contribution < 1.29 is 27.4 Å². The summed E-state index contributed by atoms with van der Waals surface area (Å²) in [5.41, 5.74) is 4.56. The maximum Gasteiger partial charge on any atom is 0.255 e. The first kappa shape index (κ1) is 27.7. The summed E-state index contributed by atoms with van der Waals surface area (Å²) < 4.78 is 44.5. The number of carbonyl (C=O) groups is 1. The summed E-state index contributed by atoms with van der Waals surface area (Å²) in [6, 6.07) is 19.2. The molecule has 1 N–H and O–H groups in total. The molecule has 0 heterocycles. The van der Waals surface area contributed by atoms with Crippen molar-refractivity contribution in [1.29, 1.82) is 0 Å². The Morgan fingerprint density at radius 2 is 1.68 bits per heavy atom. The minimum Gasteiger partial charge on any atom is -0.495 e. The molecular formula is C27H31N3O6S. The number of nitrogens with zero attached hydrogens (tertiary/aromatic N) is 2. The molecule has 1 amide bonds. The molecule has 0 unspecified atom stereocenters. The van der Waals surface area contributed by atoms with Gasteiger partial charge in [-0.25, -0.2) is 13.8 Å². The third kappa shape index (κ3) is 7.31. The Morgan fingerprint density at radius 3 is 2.35 bits per heavy atom. The number of methoxy groups -OCH3 is 2. The lowest BCUT2D eigenvalue weighted by molar-refractivity contribution is -0.121. The van der Waals surface area contributed by atoms with Crippen molar-refractivity contribution >= 4 is 22.1 Å². The second kappa shape index (κ2) is 12.9. The minimum atomic E-state index is -4.09. The number of amides is 1. The van der Waals surface area contributed by atoms with Gasteiger partial charge in [-0.3, -0.25) is 4.79 Å². The normalized spacial score (nSPS) is 11.5. The summed E-state index contributed by atoms with van der Waals surface area (Å²) in [7, 11) is -1.15. The van der Waals surface area contributed by atoms with E-state index in [1.807, 2.05) is 25.1 Å². The zero-order valence-electron chi connectivity index (χ0n) is 21.3. The monoisotopic (exact) mass is 525 g/mol. The Balaban J connectivity index is 1.81. The molecule has 196 valence electrons. The van der Waals surface area contributed by atoms with Gasteiger partial charge in [0, 0.05) is 6.54 Å². The summed E-state index contributed by atoms with van der Waals surface area (Å²) >= 11 is 0. The van der Waals surface area contributed by atoms with Gasteiger partial charge in [0.15, 0.2) is 11.5 Å². The number of benzene rings is 3. The second-order valence-electron chi connectivity index (χ2n) is 8.05. The molecule has 0 aliphatic carbocycles. The number of rotatable bonds is 12. The highest BCUT2D eigenvalue weighted by molar-refractivity contribution is 7.89. The van der Waals surface area contributed by atoms with E-state index in [0.29, 0.717) is 23.7 Å². The molecule has 3 aromatic rings. The highest BCUT2D eigenvalue weighted by Gasteiger charge is 2.30. The number of sulfonamides is 1. The molecule has 0 radical (unpaired) electrons. The number of ether oxygens (including phenoxy) is 3. The summed E-state index contributed by atoms with van der Waals surface area (Å²) in [5.74, 6) is 0.732. The van der Waals surface area contributed by atoms with E-state index in [1.54, 1.807) is 49.4 Å². The lowest BCUT2D eigenvalue weighted by Gasteiger charge is -2.23. The average molecular weight is 526 g/mol. The second-order valence-corrected chi connectivity index (χ2v) is 9.96. The van der Waals surface area contributed by atoms with Crippen LogP contribution in [-0.4, -0.2) is 52.2 Å². The van der Waals surface area contributed by atoms with Crippen molar-refractivity contribution in [3.8, 4) is 17.2 Å². The first-order valence-corrected chi connectivity index (χ1v) is 13.0. The molecule has 37 heavy (non-hydrogen) atoms. The Hall–Kier alpha value is -3.89. The van der Waals surface area contributed by atoms with E-state index in [9.17, 15) is 13.2 Å². The predicted octanol–water partition coefficient (Wildman–Crippen LogP) is 3.75. The topological polar surface area (TPSA) is 107 Å².